The second-order valence-corrected chi connectivity index (χ2v) is 5.93. The Hall–Kier alpha value is -2.77. The topological polar surface area (TPSA) is 92.5 Å². The normalized spacial score (nSPS) is 20.5. The van der Waals surface area contributed by atoms with Crippen LogP contribution in [0.25, 0.3) is 10.8 Å². The lowest BCUT2D eigenvalue weighted by atomic mass is 10.1. The number of carbonyl (C=O) groups is 2. The molecule has 2 heterocycles. The number of likely N-dealkylation sites (tertiary alicyclic amines) is 1. The largest absolute Gasteiger partial charge is 0.479 e. The fraction of sp³-hybridized carbons (Fsp3) is 0.375. The van der Waals surface area contributed by atoms with Crippen molar-refractivity contribution in [1.29, 1.82) is 0 Å². The molecule has 3 rings (SSSR count). The number of hydrogen-bond donors (Lipinski definition) is 1. The van der Waals surface area contributed by atoms with Crippen LogP contribution in [-0.2, 0) is 23.1 Å². The van der Waals surface area contributed by atoms with Crippen molar-refractivity contribution in [1.82, 2.24) is 14.7 Å². The van der Waals surface area contributed by atoms with Gasteiger partial charge in [-0.1, -0.05) is 18.2 Å². The minimum absolute atomic E-state index is 0.0470. The number of halogens is 1. The highest BCUT2D eigenvalue weighted by Gasteiger charge is 2.46. The third-order valence-corrected chi connectivity index (χ3v) is 4.31. The predicted molar refractivity (Wildman–Crippen MR) is 83.4 cm³/mol. The summed E-state index contributed by atoms with van der Waals surface area (Å²) in [5.41, 5.74) is -2.25. The highest BCUT2D eigenvalue weighted by molar-refractivity contribution is 5.89. The SMILES string of the molecule is Cn1nc(CC(=O)N2CCC(F)(C(=O)O)C2)c2ccccc2c1=O. The maximum Gasteiger partial charge on any atom is 0.343 e. The number of nitrogens with zero attached hydrogens (tertiary/aromatic N) is 3. The van der Waals surface area contributed by atoms with Gasteiger partial charge in [-0.25, -0.2) is 13.9 Å². The van der Waals surface area contributed by atoms with Crippen LogP contribution < -0.4 is 5.56 Å². The molecule has 1 saturated heterocycles. The lowest BCUT2D eigenvalue weighted by Crippen LogP contribution is -2.39. The molecule has 0 aliphatic carbocycles. The number of carboxylic acid groups (broad SMARTS) is 1. The summed E-state index contributed by atoms with van der Waals surface area (Å²) in [4.78, 5) is 36.6. The maximum absolute atomic E-state index is 14.1. The van der Waals surface area contributed by atoms with E-state index in [0.717, 1.165) is 4.68 Å². The zero-order valence-corrected chi connectivity index (χ0v) is 13.0. The average Bonchev–Trinajstić information content (AvgIpc) is 2.96. The monoisotopic (exact) mass is 333 g/mol. The number of aromatic nitrogens is 2. The number of hydrogen-bond acceptors (Lipinski definition) is 4. The highest BCUT2D eigenvalue weighted by atomic mass is 19.1. The van der Waals surface area contributed by atoms with E-state index in [-0.39, 0.29) is 24.9 Å². The molecule has 0 saturated carbocycles. The molecule has 0 radical (unpaired) electrons. The van der Waals surface area contributed by atoms with Gasteiger partial charge in [0.15, 0.2) is 0 Å². The van der Waals surface area contributed by atoms with Crippen molar-refractivity contribution in [2.24, 2.45) is 7.05 Å². The third kappa shape index (κ3) is 2.64. The summed E-state index contributed by atoms with van der Waals surface area (Å²) in [5, 5.41) is 14.1. The Morgan fingerprint density at radius 2 is 2.00 bits per heavy atom. The maximum atomic E-state index is 14.1. The Bertz CT molecular complexity index is 895. The van der Waals surface area contributed by atoms with Gasteiger partial charge in [-0.15, -0.1) is 0 Å². The van der Waals surface area contributed by atoms with Crippen molar-refractivity contribution in [2.75, 3.05) is 13.1 Å². The first kappa shape index (κ1) is 16.1. The first-order chi connectivity index (χ1) is 11.3. The zero-order valence-electron chi connectivity index (χ0n) is 13.0. The van der Waals surface area contributed by atoms with E-state index in [0.29, 0.717) is 16.5 Å². The molecular weight excluding hydrogens is 317 g/mol. The lowest BCUT2D eigenvalue weighted by molar-refractivity contribution is -0.150. The van der Waals surface area contributed by atoms with E-state index in [2.05, 4.69) is 5.10 Å². The van der Waals surface area contributed by atoms with Crippen LogP contribution in [-0.4, -0.2) is 50.4 Å². The van der Waals surface area contributed by atoms with E-state index in [1.54, 1.807) is 24.3 Å². The van der Waals surface area contributed by atoms with Crippen LogP contribution >= 0.6 is 0 Å². The first-order valence-corrected chi connectivity index (χ1v) is 7.47. The van der Waals surface area contributed by atoms with E-state index < -0.39 is 24.1 Å². The van der Waals surface area contributed by atoms with Gasteiger partial charge in [0.05, 0.1) is 24.0 Å². The van der Waals surface area contributed by atoms with Gasteiger partial charge in [0, 0.05) is 25.4 Å². The fourth-order valence-corrected chi connectivity index (χ4v) is 2.92. The molecule has 24 heavy (non-hydrogen) atoms. The molecule has 1 fully saturated rings. The molecule has 1 aromatic carbocycles. The van der Waals surface area contributed by atoms with Crippen LogP contribution in [0.15, 0.2) is 29.1 Å². The molecule has 1 N–H and O–H groups in total. The highest BCUT2D eigenvalue weighted by Crippen LogP contribution is 2.26. The molecule has 7 nitrogen and oxygen atoms in total. The number of benzene rings is 1. The van der Waals surface area contributed by atoms with E-state index in [1.165, 1.54) is 11.9 Å². The third-order valence-electron chi connectivity index (χ3n) is 4.31. The van der Waals surface area contributed by atoms with Crippen molar-refractivity contribution < 1.29 is 19.1 Å². The lowest BCUT2D eigenvalue weighted by Gasteiger charge is -2.18. The van der Waals surface area contributed by atoms with Gasteiger partial charge in [0.1, 0.15) is 0 Å². The molecule has 1 amide bonds. The number of carboxylic acids is 1. The Balaban J connectivity index is 1.89. The summed E-state index contributed by atoms with van der Waals surface area (Å²) < 4.78 is 15.3. The van der Waals surface area contributed by atoms with Gasteiger partial charge in [0.25, 0.3) is 5.56 Å². The summed E-state index contributed by atoms with van der Waals surface area (Å²) in [6.07, 6.45) is -0.347. The van der Waals surface area contributed by atoms with Crippen molar-refractivity contribution in [2.45, 2.75) is 18.5 Å². The Morgan fingerprint density at radius 1 is 1.33 bits per heavy atom. The molecule has 0 bridgehead atoms. The molecule has 8 heteroatoms. The predicted octanol–water partition coefficient (Wildman–Crippen LogP) is 0.501. The summed E-state index contributed by atoms with van der Waals surface area (Å²) in [5.74, 6) is -1.96. The van der Waals surface area contributed by atoms with E-state index in [4.69, 9.17) is 5.11 Å². The van der Waals surface area contributed by atoms with Gasteiger partial charge >= 0.3 is 5.97 Å². The Labute approximate surface area is 136 Å². The smallest absolute Gasteiger partial charge is 0.343 e. The number of fused-ring (bicyclic) bond motifs is 1. The average molecular weight is 333 g/mol. The Morgan fingerprint density at radius 3 is 2.62 bits per heavy atom. The van der Waals surface area contributed by atoms with Crippen molar-refractivity contribution in [3.63, 3.8) is 0 Å². The quantitative estimate of drug-likeness (QED) is 0.883. The van der Waals surface area contributed by atoms with Crippen LogP contribution in [0.4, 0.5) is 4.39 Å². The Kier molecular flexibility index (Phi) is 3.82. The molecule has 1 atom stereocenters. The zero-order chi connectivity index (χ0) is 17.5. The van der Waals surface area contributed by atoms with Gasteiger partial charge in [-0.2, -0.15) is 5.10 Å². The second kappa shape index (κ2) is 5.70. The first-order valence-electron chi connectivity index (χ1n) is 7.47. The molecule has 1 aliphatic rings. The van der Waals surface area contributed by atoms with E-state index >= 15 is 0 Å². The van der Waals surface area contributed by atoms with E-state index in [1.807, 2.05) is 0 Å². The second-order valence-electron chi connectivity index (χ2n) is 5.93. The van der Waals surface area contributed by atoms with Crippen LogP contribution in [0.1, 0.15) is 12.1 Å². The number of alkyl halides is 1. The van der Waals surface area contributed by atoms with Crippen LogP contribution in [0, 0.1) is 0 Å². The minimum Gasteiger partial charge on any atom is -0.479 e. The van der Waals surface area contributed by atoms with E-state index in [9.17, 15) is 18.8 Å². The summed E-state index contributed by atoms with van der Waals surface area (Å²) >= 11 is 0. The molecule has 0 spiro atoms. The summed E-state index contributed by atoms with van der Waals surface area (Å²) in [6.45, 7) is -0.420. The van der Waals surface area contributed by atoms with Gasteiger partial charge in [-0.05, 0) is 6.07 Å². The molecule has 2 aromatic rings. The minimum atomic E-state index is -2.39. The molecule has 126 valence electrons. The number of aliphatic carboxylic acids is 1. The van der Waals surface area contributed by atoms with Crippen LogP contribution in [0.2, 0.25) is 0 Å². The number of amides is 1. The summed E-state index contributed by atoms with van der Waals surface area (Å²) in [6, 6.07) is 6.82. The van der Waals surface area contributed by atoms with Crippen LogP contribution in [0.3, 0.4) is 0 Å². The molecule has 1 unspecified atom stereocenters. The van der Waals surface area contributed by atoms with Gasteiger partial charge < -0.3 is 10.0 Å². The van der Waals surface area contributed by atoms with Crippen molar-refractivity contribution in [3.05, 3.63) is 40.3 Å². The number of rotatable bonds is 3. The van der Waals surface area contributed by atoms with Crippen molar-refractivity contribution in [3.8, 4) is 0 Å². The fourth-order valence-electron chi connectivity index (χ4n) is 2.92. The van der Waals surface area contributed by atoms with Crippen LogP contribution in [0.5, 0.6) is 0 Å². The molecule has 1 aliphatic heterocycles. The standard InChI is InChI=1S/C16H16FN3O4/c1-19-14(22)11-5-3-2-4-10(11)12(18-19)8-13(21)20-7-6-16(17,9-20)15(23)24/h2-5H,6-9H2,1H3,(H,23,24). The number of carbonyl (C=O) groups excluding carboxylic acids is 1. The molecular formula is C16H16FN3O4. The summed E-state index contributed by atoms with van der Waals surface area (Å²) in [7, 11) is 1.50. The number of aryl methyl sites for hydroxylation is 1. The van der Waals surface area contributed by atoms with Crippen molar-refractivity contribution >= 4 is 22.6 Å². The molecule has 1 aromatic heterocycles. The van der Waals surface area contributed by atoms with Gasteiger partial charge in [-0.3, -0.25) is 9.59 Å². The van der Waals surface area contributed by atoms with Gasteiger partial charge in [0.2, 0.25) is 11.6 Å².